The van der Waals surface area contributed by atoms with Crippen LogP contribution in [0.3, 0.4) is 0 Å². The highest BCUT2D eigenvalue weighted by molar-refractivity contribution is 5.47. The summed E-state index contributed by atoms with van der Waals surface area (Å²) in [5, 5.41) is 6.59. The molecule has 1 rings (SSSR count). The summed E-state index contributed by atoms with van der Waals surface area (Å²) in [7, 11) is 0. The fourth-order valence-corrected chi connectivity index (χ4v) is 1.51. The Labute approximate surface area is 104 Å². The van der Waals surface area contributed by atoms with Gasteiger partial charge in [-0.15, -0.1) is 0 Å². The molecule has 0 aromatic carbocycles. The number of hydrogen-bond donors (Lipinski definition) is 2. The maximum atomic E-state index is 4.47. The van der Waals surface area contributed by atoms with Crippen molar-refractivity contribution in [3.8, 4) is 0 Å². The molecule has 96 valence electrons. The normalized spacial score (nSPS) is 10.6. The number of aryl methyl sites for hydroxylation is 1. The molecule has 0 spiro atoms. The Bertz CT molecular complexity index is 336. The van der Waals surface area contributed by atoms with Crippen molar-refractivity contribution in [2.45, 2.75) is 40.5 Å². The molecule has 2 N–H and O–H groups in total. The summed E-state index contributed by atoms with van der Waals surface area (Å²) in [5.74, 6) is 3.43. The van der Waals surface area contributed by atoms with Gasteiger partial charge in [0.2, 0.25) is 0 Å². The third kappa shape index (κ3) is 5.02. The summed E-state index contributed by atoms with van der Waals surface area (Å²) in [6.07, 6.45) is 2.01. The largest absolute Gasteiger partial charge is 0.370 e. The van der Waals surface area contributed by atoms with Gasteiger partial charge in [-0.2, -0.15) is 0 Å². The van der Waals surface area contributed by atoms with Gasteiger partial charge in [-0.3, -0.25) is 0 Å². The Morgan fingerprint density at radius 3 is 2.29 bits per heavy atom. The van der Waals surface area contributed by atoms with E-state index >= 15 is 0 Å². The molecule has 1 heterocycles. The van der Waals surface area contributed by atoms with E-state index in [-0.39, 0.29) is 0 Å². The van der Waals surface area contributed by atoms with Gasteiger partial charge < -0.3 is 10.6 Å². The maximum Gasteiger partial charge on any atom is 0.132 e. The SMILES string of the molecule is CCNc1cc(NCCC(C)C)nc(CC)n1. The molecule has 0 radical (unpaired) electrons. The van der Waals surface area contributed by atoms with Crippen LogP contribution in [-0.4, -0.2) is 23.1 Å². The van der Waals surface area contributed by atoms with Crippen molar-refractivity contribution in [2.75, 3.05) is 23.7 Å². The number of hydrogen-bond acceptors (Lipinski definition) is 4. The smallest absolute Gasteiger partial charge is 0.132 e. The number of rotatable bonds is 7. The number of nitrogens with zero attached hydrogens (tertiary/aromatic N) is 2. The minimum atomic E-state index is 0.711. The summed E-state index contributed by atoms with van der Waals surface area (Å²) in [4.78, 5) is 8.89. The molecule has 1 aromatic rings. The first kappa shape index (κ1) is 13.7. The van der Waals surface area contributed by atoms with E-state index in [4.69, 9.17) is 0 Å². The second kappa shape index (κ2) is 7.09. The maximum absolute atomic E-state index is 4.47. The van der Waals surface area contributed by atoms with Crippen LogP contribution in [0.2, 0.25) is 0 Å². The highest BCUT2D eigenvalue weighted by Crippen LogP contribution is 2.12. The highest BCUT2D eigenvalue weighted by Gasteiger charge is 2.02. The van der Waals surface area contributed by atoms with Crippen LogP contribution in [0.15, 0.2) is 6.07 Å². The monoisotopic (exact) mass is 236 g/mol. The number of aromatic nitrogens is 2. The van der Waals surface area contributed by atoms with Crippen molar-refractivity contribution < 1.29 is 0 Å². The van der Waals surface area contributed by atoms with Crippen LogP contribution in [0.5, 0.6) is 0 Å². The average molecular weight is 236 g/mol. The lowest BCUT2D eigenvalue weighted by Gasteiger charge is -2.10. The van der Waals surface area contributed by atoms with E-state index in [9.17, 15) is 0 Å². The Hall–Kier alpha value is -1.32. The van der Waals surface area contributed by atoms with E-state index in [1.54, 1.807) is 0 Å². The lowest BCUT2D eigenvalue weighted by molar-refractivity contribution is 0.606. The molecule has 17 heavy (non-hydrogen) atoms. The zero-order valence-electron chi connectivity index (χ0n) is 11.4. The molecular formula is C13H24N4. The van der Waals surface area contributed by atoms with Crippen LogP contribution in [0.1, 0.15) is 39.9 Å². The van der Waals surface area contributed by atoms with Crippen molar-refractivity contribution in [2.24, 2.45) is 5.92 Å². The number of anilines is 2. The molecule has 0 fully saturated rings. The quantitative estimate of drug-likeness (QED) is 0.764. The second-order valence-electron chi connectivity index (χ2n) is 4.55. The summed E-state index contributed by atoms with van der Waals surface area (Å²) < 4.78 is 0. The minimum Gasteiger partial charge on any atom is -0.370 e. The van der Waals surface area contributed by atoms with Gasteiger partial charge in [-0.1, -0.05) is 20.8 Å². The van der Waals surface area contributed by atoms with Gasteiger partial charge in [-0.05, 0) is 19.3 Å². The van der Waals surface area contributed by atoms with Gasteiger partial charge in [0.15, 0.2) is 0 Å². The van der Waals surface area contributed by atoms with E-state index in [0.29, 0.717) is 5.92 Å². The number of nitrogens with one attached hydrogen (secondary N) is 2. The molecule has 0 aliphatic rings. The van der Waals surface area contributed by atoms with E-state index < -0.39 is 0 Å². The van der Waals surface area contributed by atoms with Crippen molar-refractivity contribution in [1.29, 1.82) is 0 Å². The van der Waals surface area contributed by atoms with E-state index in [1.807, 2.05) is 6.07 Å². The predicted molar refractivity (Wildman–Crippen MR) is 73.5 cm³/mol. The standard InChI is InChI=1S/C13H24N4/c1-5-11-16-12(14-6-2)9-13(17-11)15-8-7-10(3)4/h9-10H,5-8H2,1-4H3,(H2,14,15,16,17). The zero-order chi connectivity index (χ0) is 12.7. The van der Waals surface area contributed by atoms with Crippen LogP contribution in [0.4, 0.5) is 11.6 Å². The fourth-order valence-electron chi connectivity index (χ4n) is 1.51. The Balaban J connectivity index is 2.66. The van der Waals surface area contributed by atoms with Gasteiger partial charge in [0.25, 0.3) is 0 Å². The Kier molecular flexibility index (Phi) is 5.73. The lowest BCUT2D eigenvalue weighted by atomic mass is 10.1. The van der Waals surface area contributed by atoms with E-state index in [0.717, 1.165) is 43.4 Å². The molecule has 0 aliphatic heterocycles. The molecule has 0 saturated carbocycles. The second-order valence-corrected chi connectivity index (χ2v) is 4.55. The molecular weight excluding hydrogens is 212 g/mol. The van der Waals surface area contributed by atoms with Crippen LogP contribution < -0.4 is 10.6 Å². The van der Waals surface area contributed by atoms with Crippen molar-refractivity contribution in [3.63, 3.8) is 0 Å². The summed E-state index contributed by atoms with van der Waals surface area (Å²) in [5.41, 5.74) is 0. The summed E-state index contributed by atoms with van der Waals surface area (Å²) in [6.45, 7) is 10.4. The molecule has 0 bridgehead atoms. The zero-order valence-corrected chi connectivity index (χ0v) is 11.4. The van der Waals surface area contributed by atoms with Crippen LogP contribution >= 0.6 is 0 Å². The summed E-state index contributed by atoms with van der Waals surface area (Å²) in [6, 6.07) is 1.98. The van der Waals surface area contributed by atoms with Crippen LogP contribution in [-0.2, 0) is 6.42 Å². The van der Waals surface area contributed by atoms with Crippen molar-refractivity contribution in [3.05, 3.63) is 11.9 Å². The molecule has 4 heteroatoms. The molecule has 1 aromatic heterocycles. The van der Waals surface area contributed by atoms with Crippen molar-refractivity contribution in [1.82, 2.24) is 9.97 Å². The molecule has 0 aliphatic carbocycles. The third-order valence-electron chi connectivity index (χ3n) is 2.47. The molecule has 4 nitrogen and oxygen atoms in total. The van der Waals surface area contributed by atoms with Gasteiger partial charge in [0.05, 0.1) is 0 Å². The molecule has 0 atom stereocenters. The van der Waals surface area contributed by atoms with Crippen LogP contribution in [0.25, 0.3) is 0 Å². The summed E-state index contributed by atoms with van der Waals surface area (Å²) >= 11 is 0. The molecule has 0 amide bonds. The van der Waals surface area contributed by atoms with Gasteiger partial charge in [-0.25, -0.2) is 9.97 Å². The predicted octanol–water partition coefficient (Wildman–Crippen LogP) is 2.93. The van der Waals surface area contributed by atoms with E-state index in [1.165, 1.54) is 0 Å². The third-order valence-corrected chi connectivity index (χ3v) is 2.47. The van der Waals surface area contributed by atoms with Gasteiger partial charge in [0.1, 0.15) is 17.5 Å². The lowest BCUT2D eigenvalue weighted by Crippen LogP contribution is -2.10. The highest BCUT2D eigenvalue weighted by atomic mass is 15.1. The topological polar surface area (TPSA) is 49.8 Å². The molecule has 0 unspecified atom stereocenters. The van der Waals surface area contributed by atoms with Gasteiger partial charge >= 0.3 is 0 Å². The average Bonchev–Trinajstić information content (AvgIpc) is 2.28. The fraction of sp³-hybridized carbons (Fsp3) is 0.692. The van der Waals surface area contributed by atoms with Crippen LogP contribution in [0, 0.1) is 5.92 Å². The Morgan fingerprint density at radius 1 is 1.12 bits per heavy atom. The minimum absolute atomic E-state index is 0.711. The first-order valence-corrected chi connectivity index (χ1v) is 6.51. The van der Waals surface area contributed by atoms with Gasteiger partial charge in [0, 0.05) is 25.6 Å². The van der Waals surface area contributed by atoms with E-state index in [2.05, 4.69) is 48.3 Å². The first-order chi connectivity index (χ1) is 8.15. The Morgan fingerprint density at radius 2 is 1.76 bits per heavy atom. The first-order valence-electron chi connectivity index (χ1n) is 6.51. The molecule has 0 saturated heterocycles. The van der Waals surface area contributed by atoms with Crippen molar-refractivity contribution >= 4 is 11.6 Å².